The molecule has 33 heavy (non-hydrogen) atoms. The molecule has 8 heteroatoms. The van der Waals surface area contributed by atoms with Gasteiger partial charge in [0.15, 0.2) is 0 Å². The number of carbonyl (C=O) groups is 1. The van der Waals surface area contributed by atoms with Gasteiger partial charge in [-0.2, -0.15) is 0 Å². The third-order valence-electron chi connectivity index (χ3n) is 4.82. The third kappa shape index (κ3) is 9.74. The second-order valence-corrected chi connectivity index (χ2v) is 10.1. The highest BCUT2D eigenvalue weighted by molar-refractivity contribution is 7.92. The molecular formula is C25H36N2O5S. The molecule has 182 valence electrons. The van der Waals surface area contributed by atoms with E-state index >= 15 is 0 Å². The molecule has 2 aromatic carbocycles. The lowest BCUT2D eigenvalue weighted by atomic mass is 10.1. The third-order valence-corrected chi connectivity index (χ3v) is 6.01. The second-order valence-electron chi connectivity index (χ2n) is 8.19. The van der Waals surface area contributed by atoms with Crippen molar-refractivity contribution < 1.29 is 22.7 Å². The van der Waals surface area contributed by atoms with Crippen LogP contribution in [0.2, 0.25) is 0 Å². The van der Waals surface area contributed by atoms with Crippen molar-refractivity contribution >= 4 is 21.6 Å². The average molecular weight is 477 g/mol. The molecule has 0 radical (unpaired) electrons. The van der Waals surface area contributed by atoms with Crippen LogP contribution in [0, 0.1) is 0 Å². The zero-order valence-electron chi connectivity index (χ0n) is 20.0. The first-order valence-electron chi connectivity index (χ1n) is 11.4. The molecule has 0 unspecified atom stereocenters. The van der Waals surface area contributed by atoms with Gasteiger partial charge >= 0.3 is 0 Å². The smallest absolute Gasteiger partial charge is 0.232 e. The molecule has 0 aliphatic rings. The van der Waals surface area contributed by atoms with Crippen molar-refractivity contribution in [2.24, 2.45) is 0 Å². The fourth-order valence-electron chi connectivity index (χ4n) is 3.32. The van der Waals surface area contributed by atoms with Gasteiger partial charge in [-0.05, 0) is 68.7 Å². The molecule has 2 rings (SSSR count). The number of nitrogens with zero attached hydrogens (tertiary/aromatic N) is 1. The van der Waals surface area contributed by atoms with Gasteiger partial charge in [0, 0.05) is 13.0 Å². The number of sulfonamides is 1. The first kappa shape index (κ1) is 26.5. The largest absolute Gasteiger partial charge is 0.492 e. The van der Waals surface area contributed by atoms with E-state index in [9.17, 15) is 13.2 Å². The van der Waals surface area contributed by atoms with Gasteiger partial charge in [-0.25, -0.2) is 8.42 Å². The lowest BCUT2D eigenvalue weighted by Gasteiger charge is -2.22. The van der Waals surface area contributed by atoms with Crippen LogP contribution in [0.25, 0.3) is 0 Å². The molecule has 0 spiro atoms. The Bertz CT molecular complexity index is 957. The van der Waals surface area contributed by atoms with E-state index in [4.69, 9.17) is 9.47 Å². The minimum absolute atomic E-state index is 0.0390. The van der Waals surface area contributed by atoms with Gasteiger partial charge in [0.1, 0.15) is 18.1 Å². The Morgan fingerprint density at radius 3 is 2.24 bits per heavy atom. The Kier molecular flexibility index (Phi) is 10.5. The number of benzene rings is 2. The van der Waals surface area contributed by atoms with Crippen LogP contribution in [0.4, 0.5) is 5.69 Å². The van der Waals surface area contributed by atoms with E-state index in [1.807, 2.05) is 26.0 Å². The molecule has 0 saturated heterocycles. The van der Waals surface area contributed by atoms with Gasteiger partial charge in [0.2, 0.25) is 15.9 Å². The van der Waals surface area contributed by atoms with Gasteiger partial charge in [-0.15, -0.1) is 0 Å². The van der Waals surface area contributed by atoms with E-state index < -0.39 is 10.0 Å². The number of amides is 1. The standard InChI is InChI=1S/C25H36N2O5S/c1-5-7-21-9-13-23(14-10-21)31-19-17-26-25(28)8-6-18-27(33(4,29)30)22-11-15-24(16-12-22)32-20(2)3/h9-16,20H,5-8,17-19H2,1-4H3,(H,26,28). The number of hydrogen-bond donors (Lipinski definition) is 1. The van der Waals surface area contributed by atoms with Crippen LogP contribution >= 0.6 is 0 Å². The Balaban J connectivity index is 1.75. The zero-order chi connectivity index (χ0) is 24.3. The van der Waals surface area contributed by atoms with E-state index in [1.165, 1.54) is 9.87 Å². The molecule has 0 heterocycles. The lowest BCUT2D eigenvalue weighted by Crippen LogP contribution is -2.32. The molecule has 0 saturated carbocycles. The summed E-state index contributed by atoms with van der Waals surface area (Å²) in [5.74, 6) is 1.32. The zero-order valence-corrected chi connectivity index (χ0v) is 20.9. The Hall–Kier alpha value is -2.74. The Morgan fingerprint density at radius 1 is 1.03 bits per heavy atom. The molecule has 0 aromatic heterocycles. The number of rotatable bonds is 14. The van der Waals surface area contributed by atoms with Crippen LogP contribution in [0.15, 0.2) is 48.5 Å². The molecule has 1 amide bonds. The highest BCUT2D eigenvalue weighted by Gasteiger charge is 2.17. The summed E-state index contributed by atoms with van der Waals surface area (Å²) in [6.07, 6.45) is 3.99. The van der Waals surface area contributed by atoms with Crippen molar-refractivity contribution in [2.75, 3.05) is 30.3 Å². The normalized spacial score (nSPS) is 11.3. The van der Waals surface area contributed by atoms with Crippen LogP contribution in [-0.4, -0.2) is 46.4 Å². The molecule has 1 N–H and O–H groups in total. The minimum atomic E-state index is -3.47. The molecular weight excluding hydrogens is 440 g/mol. The molecule has 0 atom stereocenters. The van der Waals surface area contributed by atoms with Gasteiger partial charge in [0.05, 0.1) is 24.6 Å². The fraction of sp³-hybridized carbons (Fsp3) is 0.480. The van der Waals surface area contributed by atoms with Crippen molar-refractivity contribution in [3.05, 3.63) is 54.1 Å². The summed E-state index contributed by atoms with van der Waals surface area (Å²) in [5, 5.41) is 2.81. The molecule has 0 bridgehead atoms. The van der Waals surface area contributed by atoms with Crippen LogP contribution in [0.3, 0.4) is 0 Å². The first-order valence-corrected chi connectivity index (χ1v) is 13.3. The van der Waals surface area contributed by atoms with Gasteiger partial charge < -0.3 is 14.8 Å². The van der Waals surface area contributed by atoms with E-state index in [0.29, 0.717) is 31.0 Å². The monoisotopic (exact) mass is 476 g/mol. The quantitative estimate of drug-likeness (QED) is 0.414. The molecule has 0 fully saturated rings. The molecule has 0 aliphatic carbocycles. The first-order chi connectivity index (χ1) is 15.7. The molecule has 7 nitrogen and oxygen atoms in total. The van der Waals surface area contributed by atoms with Gasteiger partial charge in [0.25, 0.3) is 0 Å². The van der Waals surface area contributed by atoms with Crippen molar-refractivity contribution in [1.82, 2.24) is 5.32 Å². The summed E-state index contributed by atoms with van der Waals surface area (Å²) in [6.45, 7) is 6.99. The summed E-state index contributed by atoms with van der Waals surface area (Å²) >= 11 is 0. The summed E-state index contributed by atoms with van der Waals surface area (Å²) in [6, 6.07) is 14.9. The Labute approximate surface area is 198 Å². The number of nitrogens with one attached hydrogen (secondary N) is 1. The van der Waals surface area contributed by atoms with E-state index in [-0.39, 0.29) is 25.0 Å². The van der Waals surface area contributed by atoms with Crippen LogP contribution in [0.5, 0.6) is 11.5 Å². The number of hydrogen-bond acceptors (Lipinski definition) is 5. The van der Waals surface area contributed by atoms with Crippen LogP contribution in [-0.2, 0) is 21.2 Å². The maximum absolute atomic E-state index is 12.3. The summed E-state index contributed by atoms with van der Waals surface area (Å²) in [4.78, 5) is 12.1. The number of aryl methyl sites for hydroxylation is 1. The summed E-state index contributed by atoms with van der Waals surface area (Å²) in [5.41, 5.74) is 1.83. The predicted octanol–water partition coefficient (Wildman–Crippen LogP) is 4.17. The molecule has 0 aliphatic heterocycles. The number of anilines is 1. The highest BCUT2D eigenvalue weighted by atomic mass is 32.2. The highest BCUT2D eigenvalue weighted by Crippen LogP contribution is 2.22. The van der Waals surface area contributed by atoms with Crippen molar-refractivity contribution in [1.29, 1.82) is 0 Å². The summed E-state index contributed by atoms with van der Waals surface area (Å²) in [7, 11) is -3.47. The maximum atomic E-state index is 12.3. The van der Waals surface area contributed by atoms with E-state index in [1.54, 1.807) is 24.3 Å². The second kappa shape index (κ2) is 13.1. The van der Waals surface area contributed by atoms with E-state index in [0.717, 1.165) is 24.8 Å². The van der Waals surface area contributed by atoms with Gasteiger partial charge in [-0.1, -0.05) is 25.5 Å². The van der Waals surface area contributed by atoms with Crippen LogP contribution in [0.1, 0.15) is 45.6 Å². The van der Waals surface area contributed by atoms with Crippen molar-refractivity contribution in [3.8, 4) is 11.5 Å². The van der Waals surface area contributed by atoms with Crippen molar-refractivity contribution in [2.45, 2.75) is 52.6 Å². The predicted molar refractivity (Wildman–Crippen MR) is 133 cm³/mol. The van der Waals surface area contributed by atoms with Crippen LogP contribution < -0.4 is 19.1 Å². The lowest BCUT2D eigenvalue weighted by molar-refractivity contribution is -0.121. The topological polar surface area (TPSA) is 84.9 Å². The summed E-state index contributed by atoms with van der Waals surface area (Å²) < 4.78 is 37.1. The van der Waals surface area contributed by atoms with Crippen molar-refractivity contribution in [3.63, 3.8) is 0 Å². The van der Waals surface area contributed by atoms with E-state index in [2.05, 4.69) is 24.4 Å². The minimum Gasteiger partial charge on any atom is -0.492 e. The fourth-order valence-corrected chi connectivity index (χ4v) is 4.29. The van der Waals surface area contributed by atoms with Gasteiger partial charge in [-0.3, -0.25) is 9.10 Å². The average Bonchev–Trinajstić information content (AvgIpc) is 2.75. The number of carbonyl (C=O) groups excluding carboxylic acids is 1. The Morgan fingerprint density at radius 2 is 1.67 bits per heavy atom. The molecule has 2 aromatic rings. The number of ether oxygens (including phenoxy) is 2. The SMILES string of the molecule is CCCc1ccc(OCCNC(=O)CCCN(c2ccc(OC(C)C)cc2)S(C)(=O)=O)cc1. The maximum Gasteiger partial charge on any atom is 0.232 e.